The monoisotopic (exact) mass is 325 g/mol. The van der Waals surface area contributed by atoms with E-state index in [4.69, 9.17) is 5.73 Å². The van der Waals surface area contributed by atoms with Crippen LogP contribution in [0.15, 0.2) is 22.7 Å². The number of likely N-dealkylation sites (N-methyl/N-ethyl adjacent to an activating group) is 1. The number of nitrogens with two attached hydrogens (primary N) is 1. The van der Waals surface area contributed by atoms with Crippen molar-refractivity contribution in [3.8, 4) is 0 Å². The third kappa shape index (κ3) is 3.28. The minimum absolute atomic E-state index is 0.0327. The van der Waals surface area contributed by atoms with Crippen molar-refractivity contribution in [2.45, 2.75) is 18.9 Å². The lowest BCUT2D eigenvalue weighted by molar-refractivity contribution is 0.0636. The van der Waals surface area contributed by atoms with Gasteiger partial charge in [-0.2, -0.15) is 0 Å². The van der Waals surface area contributed by atoms with Crippen molar-refractivity contribution in [2.75, 3.05) is 32.9 Å². The number of hydrogen-bond acceptors (Lipinski definition) is 3. The first-order chi connectivity index (χ1) is 8.99. The summed E-state index contributed by atoms with van der Waals surface area (Å²) in [5.74, 6) is 0.0327. The van der Waals surface area contributed by atoms with Gasteiger partial charge in [-0.3, -0.25) is 4.79 Å². The minimum atomic E-state index is 0.0327. The van der Waals surface area contributed by atoms with E-state index in [0.29, 0.717) is 17.3 Å². The number of nitrogen functional groups attached to an aromatic ring is 1. The third-order valence-electron chi connectivity index (χ3n) is 3.66. The number of hydrogen-bond donors (Lipinski definition) is 1. The number of anilines is 1. The molecular weight excluding hydrogens is 306 g/mol. The number of amides is 1. The zero-order valence-corrected chi connectivity index (χ0v) is 13.0. The Morgan fingerprint density at radius 3 is 2.89 bits per heavy atom. The fourth-order valence-corrected chi connectivity index (χ4v) is 2.81. The summed E-state index contributed by atoms with van der Waals surface area (Å²) in [6.45, 7) is 1.59. The summed E-state index contributed by atoms with van der Waals surface area (Å²) >= 11 is 3.39. The quantitative estimate of drug-likeness (QED) is 0.848. The average molecular weight is 326 g/mol. The molecule has 5 heteroatoms. The Hall–Kier alpha value is -1.07. The van der Waals surface area contributed by atoms with Gasteiger partial charge in [0, 0.05) is 29.3 Å². The van der Waals surface area contributed by atoms with Crippen LogP contribution >= 0.6 is 15.9 Å². The molecule has 1 fully saturated rings. The molecule has 0 bridgehead atoms. The van der Waals surface area contributed by atoms with Crippen molar-refractivity contribution < 1.29 is 4.79 Å². The number of rotatable bonds is 2. The van der Waals surface area contributed by atoms with Crippen molar-refractivity contribution in [3.05, 3.63) is 28.2 Å². The zero-order chi connectivity index (χ0) is 14.0. The Morgan fingerprint density at radius 2 is 2.21 bits per heavy atom. The van der Waals surface area contributed by atoms with Gasteiger partial charge in [-0.25, -0.2) is 0 Å². The van der Waals surface area contributed by atoms with Gasteiger partial charge < -0.3 is 15.5 Å². The smallest absolute Gasteiger partial charge is 0.256 e. The molecule has 0 radical (unpaired) electrons. The largest absolute Gasteiger partial charge is 0.398 e. The highest BCUT2D eigenvalue weighted by Gasteiger charge is 2.26. The second kappa shape index (κ2) is 5.92. The highest BCUT2D eigenvalue weighted by molar-refractivity contribution is 9.10. The average Bonchev–Trinajstić information content (AvgIpc) is 2.41. The van der Waals surface area contributed by atoms with E-state index in [2.05, 4.69) is 34.9 Å². The Bertz CT molecular complexity index is 476. The third-order valence-corrected chi connectivity index (χ3v) is 4.15. The molecule has 1 saturated heterocycles. The number of likely N-dealkylation sites (tertiary alicyclic amines) is 1. The summed E-state index contributed by atoms with van der Waals surface area (Å²) in [6, 6.07) is 5.86. The SMILES string of the molecule is CN(C)C1CCCN(C(=O)c2cc(Br)ccc2N)C1. The summed E-state index contributed by atoms with van der Waals surface area (Å²) in [6.07, 6.45) is 2.19. The van der Waals surface area contributed by atoms with Gasteiger partial charge in [-0.1, -0.05) is 15.9 Å². The molecular formula is C14H20BrN3O. The van der Waals surface area contributed by atoms with Gasteiger partial charge >= 0.3 is 0 Å². The van der Waals surface area contributed by atoms with E-state index >= 15 is 0 Å². The summed E-state index contributed by atoms with van der Waals surface area (Å²) in [5.41, 5.74) is 7.05. The lowest BCUT2D eigenvalue weighted by Crippen LogP contribution is -2.47. The highest BCUT2D eigenvalue weighted by Crippen LogP contribution is 2.22. The first-order valence-electron chi connectivity index (χ1n) is 6.50. The normalized spacial score (nSPS) is 19.8. The molecule has 0 aliphatic carbocycles. The van der Waals surface area contributed by atoms with E-state index < -0.39 is 0 Å². The number of carbonyl (C=O) groups excluding carboxylic acids is 1. The van der Waals surface area contributed by atoms with Crippen LogP contribution in [0.2, 0.25) is 0 Å². The maximum atomic E-state index is 12.5. The number of halogens is 1. The van der Waals surface area contributed by atoms with Gasteiger partial charge in [0.2, 0.25) is 0 Å². The van der Waals surface area contributed by atoms with Crippen molar-refractivity contribution in [1.82, 2.24) is 9.80 Å². The van der Waals surface area contributed by atoms with Crippen LogP contribution in [0.3, 0.4) is 0 Å². The van der Waals surface area contributed by atoms with E-state index in [1.807, 2.05) is 11.0 Å². The standard InChI is InChI=1S/C14H20BrN3O/c1-17(2)11-4-3-7-18(9-11)14(19)12-8-10(15)5-6-13(12)16/h5-6,8,11H,3-4,7,9,16H2,1-2H3. The van der Waals surface area contributed by atoms with Crippen molar-refractivity contribution >= 4 is 27.5 Å². The second-order valence-electron chi connectivity index (χ2n) is 5.24. The number of benzene rings is 1. The van der Waals surface area contributed by atoms with Gasteiger partial charge in [-0.15, -0.1) is 0 Å². The van der Waals surface area contributed by atoms with Crippen molar-refractivity contribution in [3.63, 3.8) is 0 Å². The topological polar surface area (TPSA) is 49.6 Å². The maximum absolute atomic E-state index is 12.5. The maximum Gasteiger partial charge on any atom is 0.256 e. The summed E-state index contributed by atoms with van der Waals surface area (Å²) in [7, 11) is 4.12. The van der Waals surface area contributed by atoms with Gasteiger partial charge in [-0.05, 0) is 45.1 Å². The van der Waals surface area contributed by atoms with E-state index in [1.165, 1.54) is 0 Å². The summed E-state index contributed by atoms with van der Waals surface area (Å²) in [5, 5.41) is 0. The van der Waals surface area contributed by atoms with Gasteiger partial charge in [0.15, 0.2) is 0 Å². The van der Waals surface area contributed by atoms with Gasteiger partial charge in [0.25, 0.3) is 5.91 Å². The predicted molar refractivity (Wildman–Crippen MR) is 81.2 cm³/mol. The summed E-state index contributed by atoms with van der Waals surface area (Å²) in [4.78, 5) is 16.6. The fraction of sp³-hybridized carbons (Fsp3) is 0.500. The van der Waals surface area contributed by atoms with Crippen LogP contribution in [0.25, 0.3) is 0 Å². The summed E-state index contributed by atoms with van der Waals surface area (Å²) < 4.78 is 0.881. The molecule has 2 N–H and O–H groups in total. The predicted octanol–water partition coefficient (Wildman–Crippen LogP) is 2.20. The van der Waals surface area contributed by atoms with E-state index in [1.54, 1.807) is 12.1 Å². The molecule has 1 unspecified atom stereocenters. The number of carbonyl (C=O) groups is 1. The first kappa shape index (κ1) is 14.3. The molecule has 2 rings (SSSR count). The Balaban J connectivity index is 2.17. The van der Waals surface area contributed by atoms with Crippen LogP contribution in [0.1, 0.15) is 23.2 Å². The first-order valence-corrected chi connectivity index (χ1v) is 7.29. The molecule has 1 aromatic carbocycles. The van der Waals surface area contributed by atoms with Crippen molar-refractivity contribution in [2.24, 2.45) is 0 Å². The van der Waals surface area contributed by atoms with Crippen LogP contribution in [0.4, 0.5) is 5.69 Å². The molecule has 0 spiro atoms. The Kier molecular flexibility index (Phi) is 4.47. The molecule has 1 atom stereocenters. The van der Waals surface area contributed by atoms with Crippen LogP contribution in [0.5, 0.6) is 0 Å². The molecule has 4 nitrogen and oxygen atoms in total. The van der Waals surface area contributed by atoms with Crippen LogP contribution in [0, 0.1) is 0 Å². The second-order valence-corrected chi connectivity index (χ2v) is 6.16. The molecule has 1 aromatic rings. The van der Waals surface area contributed by atoms with Crippen LogP contribution in [-0.4, -0.2) is 48.9 Å². The molecule has 0 aromatic heterocycles. The number of nitrogens with zero attached hydrogens (tertiary/aromatic N) is 2. The lowest BCUT2D eigenvalue weighted by atomic mass is 10.0. The molecule has 104 valence electrons. The molecule has 1 heterocycles. The minimum Gasteiger partial charge on any atom is -0.398 e. The van der Waals surface area contributed by atoms with E-state index in [-0.39, 0.29) is 5.91 Å². The van der Waals surface area contributed by atoms with E-state index in [9.17, 15) is 4.79 Å². The Labute approximate surface area is 122 Å². The number of piperidine rings is 1. The molecule has 1 amide bonds. The Morgan fingerprint density at radius 1 is 1.47 bits per heavy atom. The highest BCUT2D eigenvalue weighted by atomic mass is 79.9. The van der Waals surface area contributed by atoms with Crippen LogP contribution in [-0.2, 0) is 0 Å². The molecule has 1 aliphatic heterocycles. The molecule has 0 saturated carbocycles. The molecule has 1 aliphatic rings. The zero-order valence-electron chi connectivity index (χ0n) is 11.4. The van der Waals surface area contributed by atoms with E-state index in [0.717, 1.165) is 30.4 Å². The fourth-order valence-electron chi connectivity index (χ4n) is 2.44. The van der Waals surface area contributed by atoms with Gasteiger partial charge in [0.05, 0.1) is 5.56 Å². The lowest BCUT2D eigenvalue weighted by Gasteiger charge is -2.36. The van der Waals surface area contributed by atoms with Crippen molar-refractivity contribution in [1.29, 1.82) is 0 Å². The van der Waals surface area contributed by atoms with Crippen LogP contribution < -0.4 is 5.73 Å². The van der Waals surface area contributed by atoms with Gasteiger partial charge in [0.1, 0.15) is 0 Å². The molecule has 19 heavy (non-hydrogen) atoms.